The minimum absolute atomic E-state index is 0.00196. The van der Waals surface area contributed by atoms with Gasteiger partial charge in [-0.15, -0.1) is 0 Å². The van der Waals surface area contributed by atoms with Gasteiger partial charge >= 0.3 is 0 Å². The van der Waals surface area contributed by atoms with E-state index in [2.05, 4.69) is 47.3 Å². The second-order valence-electron chi connectivity index (χ2n) is 22.0. The Kier molecular flexibility index (Phi) is 12.0. The molecule has 2 amide bonds. The predicted octanol–water partition coefficient (Wildman–Crippen LogP) is 6.86. The van der Waals surface area contributed by atoms with E-state index in [4.69, 9.17) is 4.74 Å². The molecule has 306 valence electrons. The van der Waals surface area contributed by atoms with Crippen molar-refractivity contribution in [3.8, 4) is 0 Å². The molecule has 5 aliphatic heterocycles. The molecule has 1 saturated carbocycles. The molecule has 0 aromatic rings. The molecular weight excluding hydrogens is 677 g/mol. The van der Waals surface area contributed by atoms with E-state index >= 15 is 0 Å². The third kappa shape index (κ3) is 8.54. The van der Waals surface area contributed by atoms with Crippen molar-refractivity contribution in [1.29, 1.82) is 0 Å². The fourth-order valence-corrected chi connectivity index (χ4v) is 11.3. The minimum Gasteiger partial charge on any atom is -0.381 e. The Morgan fingerprint density at radius 1 is 0.574 bits per heavy atom. The zero-order valence-corrected chi connectivity index (χ0v) is 35.9. The van der Waals surface area contributed by atoms with Gasteiger partial charge in [0.2, 0.25) is 11.8 Å². The molecular formula is C45H76N4O5. The molecule has 1 aliphatic carbocycles. The highest BCUT2D eigenvalue weighted by molar-refractivity contribution is 5.88. The van der Waals surface area contributed by atoms with Crippen molar-refractivity contribution >= 4 is 23.4 Å². The number of hydrogen-bond acceptors (Lipinski definition) is 7. The molecule has 6 rings (SSSR count). The number of hydrogen-bond donors (Lipinski definition) is 0. The van der Waals surface area contributed by atoms with Gasteiger partial charge in [-0.3, -0.25) is 29.0 Å². The van der Waals surface area contributed by atoms with Crippen molar-refractivity contribution in [2.75, 3.05) is 59.0 Å². The number of ketones is 2. The molecule has 6 aliphatic rings. The molecule has 0 N–H and O–H groups in total. The zero-order valence-electron chi connectivity index (χ0n) is 35.9. The summed E-state index contributed by atoms with van der Waals surface area (Å²) in [6.45, 7) is 28.4. The Morgan fingerprint density at radius 2 is 1.04 bits per heavy atom. The SMILES string of the molecule is CC(C)(C)C(=O)C1CCC2(CCC2)N(C(=O)C2CCN(C(C)(C)CCC(C)(C)N3CCC(C(=O)N4CC5COCC(C4)C5C(=O)C(C)(C)C)CC3)CC2)C1. The topological polar surface area (TPSA) is 90.5 Å². The van der Waals surface area contributed by atoms with Crippen molar-refractivity contribution in [2.24, 2.45) is 46.3 Å². The lowest BCUT2D eigenvalue weighted by Crippen LogP contribution is -2.63. The second-order valence-corrected chi connectivity index (χ2v) is 22.0. The molecule has 54 heavy (non-hydrogen) atoms. The van der Waals surface area contributed by atoms with Crippen LogP contribution < -0.4 is 0 Å². The summed E-state index contributed by atoms with van der Waals surface area (Å²) in [5.74, 6) is 1.54. The quantitative estimate of drug-likeness (QED) is 0.254. The summed E-state index contributed by atoms with van der Waals surface area (Å²) in [4.78, 5) is 64.2. The maximum Gasteiger partial charge on any atom is 0.226 e. The number of fused-ring (bicyclic) bond motifs is 2. The van der Waals surface area contributed by atoms with E-state index in [9.17, 15) is 19.2 Å². The van der Waals surface area contributed by atoms with E-state index < -0.39 is 0 Å². The third-order valence-corrected chi connectivity index (χ3v) is 15.3. The van der Waals surface area contributed by atoms with Gasteiger partial charge in [0.15, 0.2) is 0 Å². The van der Waals surface area contributed by atoms with Crippen LogP contribution in [0.15, 0.2) is 0 Å². The number of Topliss-reactive ketones (excluding diaryl/α,β-unsaturated/α-hetero) is 2. The Hall–Kier alpha value is -1.84. The maximum absolute atomic E-state index is 14.2. The van der Waals surface area contributed by atoms with Crippen molar-refractivity contribution < 1.29 is 23.9 Å². The van der Waals surface area contributed by atoms with Crippen LogP contribution in [0.4, 0.5) is 0 Å². The number of carbonyl (C=O) groups excluding carboxylic acids is 4. The first-order valence-electron chi connectivity index (χ1n) is 21.9. The number of nitrogens with zero attached hydrogens (tertiary/aromatic N) is 4. The van der Waals surface area contributed by atoms with Crippen molar-refractivity contribution in [3.05, 3.63) is 0 Å². The molecule has 3 atom stereocenters. The summed E-state index contributed by atoms with van der Waals surface area (Å²) in [5, 5.41) is 0. The van der Waals surface area contributed by atoms with Crippen LogP contribution in [0.5, 0.6) is 0 Å². The Labute approximate surface area is 328 Å². The molecule has 9 heteroatoms. The van der Waals surface area contributed by atoms with Gasteiger partial charge in [0.25, 0.3) is 0 Å². The number of ether oxygens (including phenoxy) is 1. The van der Waals surface area contributed by atoms with E-state index in [0.717, 1.165) is 90.4 Å². The van der Waals surface area contributed by atoms with E-state index in [1.807, 2.05) is 41.5 Å². The van der Waals surface area contributed by atoms with Gasteiger partial charge < -0.3 is 14.5 Å². The first kappa shape index (κ1) is 41.8. The molecule has 5 saturated heterocycles. The molecule has 2 bridgehead atoms. The van der Waals surface area contributed by atoms with E-state index in [0.29, 0.717) is 50.3 Å². The van der Waals surface area contributed by atoms with E-state index in [-0.39, 0.29) is 68.9 Å². The molecule has 3 unspecified atom stereocenters. The lowest BCUT2D eigenvalue weighted by Gasteiger charge is -2.56. The average molecular weight is 753 g/mol. The van der Waals surface area contributed by atoms with Crippen LogP contribution in [0.2, 0.25) is 0 Å². The number of rotatable bonds is 9. The Bertz CT molecular complexity index is 1370. The zero-order chi connectivity index (χ0) is 39.4. The summed E-state index contributed by atoms with van der Waals surface area (Å²) in [5.41, 5.74) is -0.662. The standard InChI is InChI=1S/C45H76N4O5/c1-41(2,3)37(50)33-12-19-45(17-11-18-45)49(28-33)40(53)32-15-24-48(25-16-32)44(9,10)21-20-43(7,8)47-22-13-31(14-23-47)39(52)46-26-34-29-54-30-35(27-46)36(34)38(51)42(4,5)6/h31-36H,11-30H2,1-10H3. The van der Waals surface area contributed by atoms with E-state index in [1.54, 1.807) is 0 Å². The van der Waals surface area contributed by atoms with Crippen LogP contribution in [0.1, 0.15) is 140 Å². The number of piperidine rings is 4. The molecule has 6 fully saturated rings. The molecule has 0 radical (unpaired) electrons. The van der Waals surface area contributed by atoms with Crippen molar-refractivity contribution in [2.45, 2.75) is 156 Å². The monoisotopic (exact) mass is 753 g/mol. The van der Waals surface area contributed by atoms with Crippen LogP contribution in [0.25, 0.3) is 0 Å². The lowest BCUT2D eigenvalue weighted by atomic mass is 9.66. The highest BCUT2D eigenvalue weighted by Gasteiger charge is 2.52. The molecule has 0 aromatic heterocycles. The largest absolute Gasteiger partial charge is 0.381 e. The minimum atomic E-state index is -0.372. The summed E-state index contributed by atoms with van der Waals surface area (Å²) in [7, 11) is 0. The van der Waals surface area contributed by atoms with Crippen LogP contribution in [-0.2, 0) is 23.9 Å². The van der Waals surface area contributed by atoms with Gasteiger partial charge in [-0.2, -0.15) is 0 Å². The summed E-state index contributed by atoms with van der Waals surface area (Å²) >= 11 is 0. The van der Waals surface area contributed by atoms with Gasteiger partial charge in [-0.25, -0.2) is 0 Å². The van der Waals surface area contributed by atoms with Crippen LogP contribution >= 0.6 is 0 Å². The number of carbonyl (C=O) groups is 4. The molecule has 5 heterocycles. The lowest BCUT2D eigenvalue weighted by molar-refractivity contribution is -0.159. The smallest absolute Gasteiger partial charge is 0.226 e. The van der Waals surface area contributed by atoms with Gasteiger partial charge in [-0.05, 0) is 125 Å². The Morgan fingerprint density at radius 3 is 1.46 bits per heavy atom. The molecule has 9 nitrogen and oxygen atoms in total. The van der Waals surface area contributed by atoms with E-state index in [1.165, 1.54) is 6.42 Å². The molecule has 0 aromatic carbocycles. The second kappa shape index (κ2) is 15.5. The maximum atomic E-state index is 14.2. The van der Waals surface area contributed by atoms with Crippen LogP contribution in [0, 0.1) is 46.3 Å². The van der Waals surface area contributed by atoms with Gasteiger partial charge in [-0.1, -0.05) is 41.5 Å². The highest BCUT2D eigenvalue weighted by Crippen LogP contribution is 2.48. The average Bonchev–Trinajstić information content (AvgIpc) is 3.10. The fourth-order valence-electron chi connectivity index (χ4n) is 11.3. The normalized spacial score (nSPS) is 29.6. The first-order chi connectivity index (χ1) is 25.1. The first-order valence-corrected chi connectivity index (χ1v) is 21.9. The van der Waals surface area contributed by atoms with Gasteiger partial charge in [0.05, 0.1) is 13.2 Å². The van der Waals surface area contributed by atoms with Crippen molar-refractivity contribution in [3.63, 3.8) is 0 Å². The highest BCUT2D eigenvalue weighted by atomic mass is 16.5. The Balaban J connectivity index is 0.965. The van der Waals surface area contributed by atoms with Crippen molar-refractivity contribution in [1.82, 2.24) is 19.6 Å². The summed E-state index contributed by atoms with van der Waals surface area (Å²) in [6.07, 6.45) is 11.0. The fraction of sp³-hybridized carbons (Fsp3) is 0.911. The third-order valence-electron chi connectivity index (χ3n) is 15.3. The van der Waals surface area contributed by atoms with Gasteiger partial charge in [0.1, 0.15) is 11.6 Å². The number of amides is 2. The predicted molar refractivity (Wildman–Crippen MR) is 214 cm³/mol. The van der Waals surface area contributed by atoms with Crippen LogP contribution in [-0.4, -0.2) is 119 Å². The summed E-state index contributed by atoms with van der Waals surface area (Å²) in [6, 6.07) is 0. The van der Waals surface area contributed by atoms with Crippen LogP contribution in [0.3, 0.4) is 0 Å². The molecule has 1 spiro atoms. The van der Waals surface area contributed by atoms with Gasteiger partial charge in [0, 0.05) is 82.6 Å². The number of likely N-dealkylation sites (tertiary alicyclic amines) is 4. The summed E-state index contributed by atoms with van der Waals surface area (Å²) < 4.78 is 5.88.